The highest BCUT2D eigenvalue weighted by molar-refractivity contribution is 7.86. The summed E-state index contributed by atoms with van der Waals surface area (Å²) in [4.78, 5) is 0. The summed E-state index contributed by atoms with van der Waals surface area (Å²) < 4.78 is 26.0. The van der Waals surface area contributed by atoms with Crippen molar-refractivity contribution in [1.82, 2.24) is 0 Å². The third-order valence-electron chi connectivity index (χ3n) is 1.10. The van der Waals surface area contributed by atoms with Crippen molar-refractivity contribution in [2.24, 2.45) is 0 Å². The first-order chi connectivity index (χ1) is 5.49. The molecule has 0 aromatic rings. The van der Waals surface area contributed by atoms with E-state index >= 15 is 0 Å². The summed E-state index contributed by atoms with van der Waals surface area (Å²) in [7, 11) is -3.37. The van der Waals surface area contributed by atoms with E-state index in [1.165, 1.54) is 0 Å². The van der Waals surface area contributed by atoms with Gasteiger partial charge in [-0.15, -0.1) is 5.92 Å². The summed E-state index contributed by atoms with van der Waals surface area (Å²) in [6.07, 6.45) is 1.84. The van der Waals surface area contributed by atoms with Crippen LogP contribution in [0.15, 0.2) is 0 Å². The van der Waals surface area contributed by atoms with Crippen molar-refractivity contribution in [1.29, 1.82) is 0 Å². The average molecular weight is 190 g/mol. The fourth-order valence-corrected chi connectivity index (χ4v) is 1.23. The molecule has 0 bridgehead atoms. The number of hydrogen-bond acceptors (Lipinski definition) is 3. The summed E-state index contributed by atoms with van der Waals surface area (Å²) in [6, 6.07) is 0. The molecule has 0 aromatic carbocycles. The minimum absolute atomic E-state index is 0.486. The maximum Gasteiger partial charge on any atom is 0.265 e. The monoisotopic (exact) mass is 190 g/mol. The summed E-state index contributed by atoms with van der Waals surface area (Å²) in [5, 5.41) is 0. The second-order valence-corrected chi connectivity index (χ2v) is 3.97. The zero-order chi connectivity index (χ0) is 9.61. The normalized spacial score (nSPS) is 13.2. The lowest BCUT2D eigenvalue weighted by Gasteiger charge is -2.05. The van der Waals surface area contributed by atoms with E-state index in [-0.39, 0.29) is 0 Å². The third-order valence-corrected chi connectivity index (χ3v) is 1.68. The second-order valence-electron chi connectivity index (χ2n) is 2.37. The first-order valence-electron chi connectivity index (χ1n) is 3.86. The molecule has 0 heterocycles. The summed E-state index contributed by atoms with van der Waals surface area (Å²) >= 11 is 0. The van der Waals surface area contributed by atoms with E-state index < -0.39 is 16.2 Å². The third kappa shape index (κ3) is 6.20. The van der Waals surface area contributed by atoms with Gasteiger partial charge in [-0.1, -0.05) is 19.8 Å². The van der Waals surface area contributed by atoms with E-state index in [0.717, 1.165) is 6.26 Å². The van der Waals surface area contributed by atoms with Crippen LogP contribution in [0.5, 0.6) is 0 Å². The lowest BCUT2D eigenvalue weighted by Crippen LogP contribution is -2.14. The molecule has 0 fully saturated rings. The molecule has 1 atom stereocenters. The number of rotatable bonds is 3. The lowest BCUT2D eigenvalue weighted by atomic mass is 10.3. The van der Waals surface area contributed by atoms with Crippen molar-refractivity contribution < 1.29 is 12.6 Å². The Balaban J connectivity index is 4.19. The summed E-state index contributed by atoms with van der Waals surface area (Å²) in [5.74, 6) is 5.51. The van der Waals surface area contributed by atoms with E-state index in [1.807, 2.05) is 13.8 Å². The molecule has 3 nitrogen and oxygen atoms in total. The van der Waals surface area contributed by atoms with Crippen LogP contribution in [0.4, 0.5) is 0 Å². The molecule has 0 radical (unpaired) electrons. The SMILES string of the molecule is CCC#C[C@H](CC)OS(C)(=O)=O. The molecular formula is C8H14O3S. The molecule has 0 aliphatic rings. The molecule has 0 amide bonds. The Kier molecular flexibility index (Phi) is 4.95. The molecule has 0 saturated heterocycles. The van der Waals surface area contributed by atoms with Crippen LogP contribution in [-0.2, 0) is 14.3 Å². The van der Waals surface area contributed by atoms with Crippen molar-refractivity contribution in [3.05, 3.63) is 0 Å². The van der Waals surface area contributed by atoms with Crippen molar-refractivity contribution in [2.45, 2.75) is 32.8 Å². The molecule has 0 aliphatic heterocycles. The van der Waals surface area contributed by atoms with Gasteiger partial charge < -0.3 is 0 Å². The van der Waals surface area contributed by atoms with Crippen molar-refractivity contribution >= 4 is 10.1 Å². The molecule has 4 heteroatoms. The molecule has 0 aromatic heterocycles. The summed E-state index contributed by atoms with van der Waals surface area (Å²) in [6.45, 7) is 3.74. The van der Waals surface area contributed by atoms with Gasteiger partial charge in [-0.05, 0) is 6.42 Å². The first-order valence-corrected chi connectivity index (χ1v) is 5.68. The zero-order valence-corrected chi connectivity index (χ0v) is 8.44. The van der Waals surface area contributed by atoms with Gasteiger partial charge in [0.15, 0.2) is 0 Å². The second kappa shape index (κ2) is 5.18. The molecule has 0 rings (SSSR count). The standard InChI is InChI=1S/C8H14O3S/c1-4-6-7-8(5-2)11-12(3,9)10/h8H,4-5H2,1-3H3/t8-/m0/s1. The van der Waals surface area contributed by atoms with Gasteiger partial charge in [0.25, 0.3) is 10.1 Å². The average Bonchev–Trinajstić information content (AvgIpc) is 1.95. The Bertz CT molecular complexity index is 268. The van der Waals surface area contributed by atoms with Gasteiger partial charge in [-0.25, -0.2) is 0 Å². The lowest BCUT2D eigenvalue weighted by molar-refractivity contribution is 0.262. The molecule has 0 unspecified atom stereocenters. The highest BCUT2D eigenvalue weighted by Crippen LogP contribution is 2.00. The van der Waals surface area contributed by atoms with Crippen molar-refractivity contribution in [2.75, 3.05) is 6.26 Å². The maximum absolute atomic E-state index is 10.7. The van der Waals surface area contributed by atoms with Gasteiger partial charge in [-0.2, -0.15) is 8.42 Å². The Labute approximate surface area is 74.2 Å². The minimum atomic E-state index is -3.37. The molecule has 0 N–H and O–H groups in total. The largest absolute Gasteiger partial charge is 0.265 e. The van der Waals surface area contributed by atoms with Crippen LogP contribution in [0.25, 0.3) is 0 Å². The quantitative estimate of drug-likeness (QED) is 0.495. The van der Waals surface area contributed by atoms with Crippen LogP contribution in [0.2, 0.25) is 0 Å². The Hall–Kier alpha value is -0.530. The predicted octanol–water partition coefficient (Wildman–Crippen LogP) is 1.15. The van der Waals surface area contributed by atoms with E-state index in [0.29, 0.717) is 12.8 Å². The fraction of sp³-hybridized carbons (Fsp3) is 0.750. The van der Waals surface area contributed by atoms with Crippen LogP contribution in [0.3, 0.4) is 0 Å². The topological polar surface area (TPSA) is 43.4 Å². The van der Waals surface area contributed by atoms with E-state index in [1.54, 1.807) is 0 Å². The maximum atomic E-state index is 10.7. The Morgan fingerprint density at radius 2 is 2.00 bits per heavy atom. The van der Waals surface area contributed by atoms with Gasteiger partial charge in [0, 0.05) is 6.42 Å². The molecule has 12 heavy (non-hydrogen) atoms. The van der Waals surface area contributed by atoms with Gasteiger partial charge >= 0.3 is 0 Å². The van der Waals surface area contributed by atoms with Gasteiger partial charge in [0.05, 0.1) is 6.26 Å². The zero-order valence-electron chi connectivity index (χ0n) is 7.62. The van der Waals surface area contributed by atoms with Crippen LogP contribution >= 0.6 is 0 Å². The van der Waals surface area contributed by atoms with Crippen LogP contribution in [0, 0.1) is 11.8 Å². The van der Waals surface area contributed by atoms with Gasteiger partial charge in [0.1, 0.15) is 6.10 Å². The van der Waals surface area contributed by atoms with Gasteiger partial charge in [0.2, 0.25) is 0 Å². The van der Waals surface area contributed by atoms with E-state index in [9.17, 15) is 8.42 Å². The van der Waals surface area contributed by atoms with Crippen LogP contribution in [0.1, 0.15) is 26.7 Å². The van der Waals surface area contributed by atoms with Crippen molar-refractivity contribution in [3.8, 4) is 11.8 Å². The Morgan fingerprint density at radius 1 is 1.42 bits per heavy atom. The van der Waals surface area contributed by atoms with Gasteiger partial charge in [-0.3, -0.25) is 4.18 Å². The predicted molar refractivity (Wildman–Crippen MR) is 48.1 cm³/mol. The Morgan fingerprint density at radius 3 is 2.33 bits per heavy atom. The molecular weight excluding hydrogens is 176 g/mol. The van der Waals surface area contributed by atoms with Crippen molar-refractivity contribution in [3.63, 3.8) is 0 Å². The molecule has 0 saturated carbocycles. The number of hydrogen-bond donors (Lipinski definition) is 0. The highest BCUT2D eigenvalue weighted by atomic mass is 32.2. The highest BCUT2D eigenvalue weighted by Gasteiger charge is 2.09. The summed E-state index contributed by atoms with van der Waals surface area (Å²) in [5.41, 5.74) is 0. The minimum Gasteiger partial charge on any atom is -0.254 e. The van der Waals surface area contributed by atoms with Crippen LogP contribution < -0.4 is 0 Å². The van der Waals surface area contributed by atoms with Crippen LogP contribution in [-0.4, -0.2) is 20.8 Å². The molecule has 70 valence electrons. The molecule has 0 aliphatic carbocycles. The van der Waals surface area contributed by atoms with E-state index in [4.69, 9.17) is 0 Å². The first kappa shape index (κ1) is 11.5. The smallest absolute Gasteiger partial charge is 0.254 e. The molecule has 0 spiro atoms. The van der Waals surface area contributed by atoms with E-state index in [2.05, 4.69) is 16.0 Å². The fourth-order valence-electron chi connectivity index (χ4n) is 0.621.